The first kappa shape index (κ1) is 24.9. The minimum absolute atomic E-state index is 0.122. The summed E-state index contributed by atoms with van der Waals surface area (Å²) >= 11 is -3.77. The number of fused-ring (bicyclic) bond motifs is 2. The third-order valence-corrected chi connectivity index (χ3v) is 15.6. The van der Waals surface area contributed by atoms with Crippen LogP contribution < -0.4 is 6.15 Å². The third-order valence-electron chi connectivity index (χ3n) is 5.95. The Balaban J connectivity index is 2.26. The Morgan fingerprint density at radius 1 is 0.875 bits per heavy atom. The Kier molecular flexibility index (Phi) is 8.90. The molecule has 3 heterocycles. The summed E-state index contributed by atoms with van der Waals surface area (Å²) in [6.07, 6.45) is 9.33. The fraction of sp³-hybridized carbons (Fsp3) is 0.542. The molecule has 0 amide bonds. The Bertz CT molecular complexity index is 957. The van der Waals surface area contributed by atoms with Crippen molar-refractivity contribution in [1.82, 2.24) is 9.97 Å². The summed E-state index contributed by atoms with van der Waals surface area (Å²) in [5.74, 6) is 1.42. The van der Waals surface area contributed by atoms with Gasteiger partial charge in [0.25, 0.3) is 0 Å². The quantitative estimate of drug-likeness (QED) is 0.472. The molecule has 0 bridgehead atoms. The molecule has 0 saturated carbocycles. The molecule has 0 unspecified atom stereocenters. The number of aliphatic imine (C=N–C) groups is 1. The molecule has 8 heteroatoms. The number of aliphatic hydroxyl groups excluding tert-OH is 2. The topological polar surface area (TPSA) is 97.1 Å². The van der Waals surface area contributed by atoms with Gasteiger partial charge in [0.15, 0.2) is 0 Å². The van der Waals surface area contributed by atoms with E-state index >= 15 is 0 Å². The Morgan fingerprint density at radius 3 is 2.03 bits per heavy atom. The second kappa shape index (κ2) is 11.4. The van der Waals surface area contributed by atoms with Crippen molar-refractivity contribution < 1.29 is 16.4 Å². The van der Waals surface area contributed by atoms with Crippen molar-refractivity contribution in [3.63, 3.8) is 0 Å². The van der Waals surface area contributed by atoms with Crippen LogP contribution in [0.15, 0.2) is 17.4 Å². The molecular formula is C24H35N3O4Sn. The molecule has 2 N–H and O–H groups in total. The van der Waals surface area contributed by atoms with E-state index in [0.29, 0.717) is 17.9 Å². The second-order valence-corrected chi connectivity index (χ2v) is 17.6. The van der Waals surface area contributed by atoms with Crippen LogP contribution in [0.1, 0.15) is 73.2 Å². The van der Waals surface area contributed by atoms with Crippen LogP contribution in [0.4, 0.5) is 0 Å². The van der Waals surface area contributed by atoms with E-state index in [4.69, 9.17) is 6.15 Å². The molecule has 174 valence electrons. The van der Waals surface area contributed by atoms with Gasteiger partial charge in [-0.2, -0.15) is 0 Å². The zero-order valence-electron chi connectivity index (χ0n) is 19.6. The van der Waals surface area contributed by atoms with Crippen LogP contribution in [-0.4, -0.2) is 45.6 Å². The van der Waals surface area contributed by atoms with Crippen LogP contribution in [0, 0.1) is 13.8 Å². The number of aliphatic hydroxyl groups is 2. The van der Waals surface area contributed by atoms with E-state index in [0.717, 1.165) is 68.4 Å². The first-order chi connectivity index (χ1) is 15.5. The number of hydrogen-bond donors (Lipinski definition) is 2. The number of aryl methyl sites for hydroxylation is 2. The monoisotopic (exact) mass is 549 g/mol. The maximum absolute atomic E-state index is 9.96. The van der Waals surface area contributed by atoms with Crippen molar-refractivity contribution in [3.05, 3.63) is 46.0 Å². The van der Waals surface area contributed by atoms with Crippen molar-refractivity contribution in [3.8, 4) is 11.5 Å². The van der Waals surface area contributed by atoms with Crippen LogP contribution in [0.5, 0.6) is 11.5 Å². The summed E-state index contributed by atoms with van der Waals surface area (Å²) in [6, 6.07) is 0. The molecule has 0 spiro atoms. The van der Waals surface area contributed by atoms with Crippen molar-refractivity contribution in [2.24, 2.45) is 4.99 Å². The molecule has 32 heavy (non-hydrogen) atoms. The zero-order chi connectivity index (χ0) is 23.1. The van der Waals surface area contributed by atoms with Crippen LogP contribution in [0.2, 0.25) is 8.87 Å². The summed E-state index contributed by atoms with van der Waals surface area (Å²) in [5, 5.41) is 19.9. The minimum atomic E-state index is -3.77. The van der Waals surface area contributed by atoms with Gasteiger partial charge in [-0.15, -0.1) is 0 Å². The van der Waals surface area contributed by atoms with Gasteiger partial charge in [0.05, 0.1) is 0 Å². The van der Waals surface area contributed by atoms with E-state index in [1.54, 1.807) is 18.6 Å². The summed E-state index contributed by atoms with van der Waals surface area (Å²) in [4.78, 5) is 13.6. The molecule has 2 aromatic heterocycles. The molecule has 0 radical (unpaired) electrons. The zero-order valence-corrected chi connectivity index (χ0v) is 22.5. The molecule has 7 nitrogen and oxygen atoms in total. The predicted octanol–water partition coefficient (Wildman–Crippen LogP) is 4.51. The average Bonchev–Trinajstić information content (AvgIpc) is 2.80. The van der Waals surface area contributed by atoms with E-state index in [-0.39, 0.29) is 13.2 Å². The van der Waals surface area contributed by atoms with Crippen LogP contribution in [0.25, 0.3) is 0 Å². The number of aromatic nitrogens is 2. The van der Waals surface area contributed by atoms with E-state index in [1.165, 1.54) is 0 Å². The van der Waals surface area contributed by atoms with Crippen LogP contribution >= 0.6 is 0 Å². The molecule has 3 rings (SSSR count). The van der Waals surface area contributed by atoms with Gasteiger partial charge in [-0.05, 0) is 0 Å². The standard InChI is InChI=1S/C16H19N3O4.2C4H9.Sn/c1-9-15(22)13(11(7-20)3-18-9)5-17-6-14-12(8-21)4-19-10(2)16(14)23;2*1-3-4-2;/h3-5,20-23H,6-8H2,1-2H3;2*1,3-4H2,2H3;/q;;;+2/p-2. The number of rotatable bonds is 8. The number of unbranched alkanes of at least 4 members (excludes halogenated alkanes) is 2. The molecule has 0 aromatic carbocycles. The molecular weight excluding hydrogens is 513 g/mol. The van der Waals surface area contributed by atoms with Crippen molar-refractivity contribution in [2.75, 3.05) is 0 Å². The van der Waals surface area contributed by atoms with Gasteiger partial charge in [0.2, 0.25) is 0 Å². The number of nitrogens with zero attached hydrogens (tertiary/aromatic N) is 3. The van der Waals surface area contributed by atoms with Gasteiger partial charge in [-0.1, -0.05) is 0 Å². The molecule has 1 aliphatic rings. The van der Waals surface area contributed by atoms with Gasteiger partial charge < -0.3 is 0 Å². The SMILES string of the molecule is CCC[CH2][Sn]1([CH2]CCC)[O]c2c(C)ncc(CO)c2C=NCc2c(CO)cnc(C)c2[O]1. The molecule has 0 fully saturated rings. The van der Waals surface area contributed by atoms with Gasteiger partial charge in [0.1, 0.15) is 0 Å². The summed E-state index contributed by atoms with van der Waals surface area (Å²) in [6.45, 7) is 8.34. The normalized spacial score (nSPS) is 14.8. The Hall–Kier alpha value is -1.71. The van der Waals surface area contributed by atoms with Crippen LogP contribution in [0.3, 0.4) is 0 Å². The first-order valence-electron chi connectivity index (χ1n) is 11.5. The third kappa shape index (κ3) is 5.43. The van der Waals surface area contributed by atoms with Crippen molar-refractivity contribution >= 4 is 25.4 Å². The summed E-state index contributed by atoms with van der Waals surface area (Å²) in [5.41, 5.74) is 4.63. The predicted molar refractivity (Wildman–Crippen MR) is 128 cm³/mol. The van der Waals surface area contributed by atoms with E-state index in [2.05, 4.69) is 28.8 Å². The van der Waals surface area contributed by atoms with Gasteiger partial charge >= 0.3 is 196 Å². The molecule has 0 atom stereocenters. The van der Waals surface area contributed by atoms with Gasteiger partial charge in [-0.25, -0.2) is 0 Å². The Labute approximate surface area is 195 Å². The van der Waals surface area contributed by atoms with Gasteiger partial charge in [0, 0.05) is 0 Å². The molecule has 0 aliphatic carbocycles. The summed E-state index contributed by atoms with van der Waals surface area (Å²) in [7, 11) is 0. The average molecular weight is 548 g/mol. The first-order valence-corrected chi connectivity index (χ1v) is 17.9. The maximum atomic E-state index is 9.96. The van der Waals surface area contributed by atoms with E-state index in [9.17, 15) is 10.2 Å². The van der Waals surface area contributed by atoms with Crippen LogP contribution in [-0.2, 0) is 19.8 Å². The summed E-state index contributed by atoms with van der Waals surface area (Å²) < 4.78 is 15.7. The van der Waals surface area contributed by atoms with Crippen molar-refractivity contribution in [2.45, 2.75) is 82.0 Å². The molecule has 2 aromatic rings. The molecule has 1 aliphatic heterocycles. The fourth-order valence-electron chi connectivity index (χ4n) is 4.00. The van der Waals surface area contributed by atoms with E-state index in [1.807, 2.05) is 13.8 Å². The van der Waals surface area contributed by atoms with Gasteiger partial charge in [-0.3, -0.25) is 0 Å². The number of pyridine rings is 2. The number of hydrogen-bond acceptors (Lipinski definition) is 7. The van der Waals surface area contributed by atoms with Crippen molar-refractivity contribution in [1.29, 1.82) is 0 Å². The molecule has 0 saturated heterocycles. The fourth-order valence-corrected chi connectivity index (χ4v) is 14.7. The second-order valence-electron chi connectivity index (χ2n) is 8.40. The Morgan fingerprint density at radius 2 is 1.44 bits per heavy atom. The van der Waals surface area contributed by atoms with E-state index < -0.39 is 19.2 Å².